The third-order valence-electron chi connectivity index (χ3n) is 2.01. The van der Waals surface area contributed by atoms with Crippen LogP contribution in [0.5, 0.6) is 0 Å². The topological polar surface area (TPSA) is 72.2 Å². The zero-order valence-electron chi connectivity index (χ0n) is 9.29. The standard InChI is InChI=1S/C10H19N2O2S/c1-3-4-8(7-13)12-10(14)9(11)5-6-15-2/h8-9H,3-6,11H2,1-2H3,(H,12,14). The van der Waals surface area contributed by atoms with Crippen LogP contribution in [0.4, 0.5) is 0 Å². The predicted molar refractivity (Wildman–Crippen MR) is 63.5 cm³/mol. The summed E-state index contributed by atoms with van der Waals surface area (Å²) in [7, 11) is 0. The van der Waals surface area contributed by atoms with Crippen molar-refractivity contribution in [2.75, 3.05) is 12.0 Å². The summed E-state index contributed by atoms with van der Waals surface area (Å²) in [5.74, 6) is 0.587. The molecule has 0 fully saturated rings. The molecule has 0 aromatic carbocycles. The van der Waals surface area contributed by atoms with Crippen LogP contribution in [0.2, 0.25) is 0 Å². The summed E-state index contributed by atoms with van der Waals surface area (Å²) in [5.41, 5.74) is 5.65. The fraction of sp³-hybridized carbons (Fsp3) is 0.800. The maximum atomic E-state index is 11.5. The van der Waals surface area contributed by atoms with Gasteiger partial charge in [-0.1, -0.05) is 13.3 Å². The average molecular weight is 231 g/mol. The van der Waals surface area contributed by atoms with Gasteiger partial charge in [0.2, 0.25) is 12.2 Å². The second-order valence-corrected chi connectivity index (χ2v) is 4.34. The molecule has 15 heavy (non-hydrogen) atoms. The molecule has 1 radical (unpaired) electrons. The van der Waals surface area contributed by atoms with Crippen LogP contribution in [0, 0.1) is 0 Å². The summed E-state index contributed by atoms with van der Waals surface area (Å²) in [4.78, 5) is 22.0. The van der Waals surface area contributed by atoms with Gasteiger partial charge >= 0.3 is 0 Å². The molecule has 0 spiro atoms. The first kappa shape index (κ1) is 14.5. The van der Waals surface area contributed by atoms with Crippen LogP contribution in [-0.2, 0) is 9.59 Å². The predicted octanol–water partition coefficient (Wildman–Crippen LogP) is 0.461. The normalized spacial score (nSPS) is 14.3. The number of nitrogens with one attached hydrogen (secondary N) is 1. The zero-order valence-corrected chi connectivity index (χ0v) is 10.1. The molecule has 0 aromatic rings. The van der Waals surface area contributed by atoms with E-state index in [1.54, 1.807) is 18.0 Å². The summed E-state index contributed by atoms with van der Waals surface area (Å²) in [6.07, 6.45) is 5.84. The number of amides is 1. The van der Waals surface area contributed by atoms with Gasteiger partial charge in [-0.05, 0) is 24.9 Å². The van der Waals surface area contributed by atoms with Crippen molar-refractivity contribution in [2.24, 2.45) is 5.73 Å². The molecule has 2 unspecified atom stereocenters. The summed E-state index contributed by atoms with van der Waals surface area (Å²) in [5, 5.41) is 2.58. The highest BCUT2D eigenvalue weighted by Crippen LogP contribution is 2.00. The molecule has 0 saturated carbocycles. The fourth-order valence-corrected chi connectivity index (χ4v) is 1.59. The lowest BCUT2D eigenvalue weighted by Gasteiger charge is -2.15. The van der Waals surface area contributed by atoms with Gasteiger partial charge < -0.3 is 11.1 Å². The van der Waals surface area contributed by atoms with Gasteiger partial charge in [-0.2, -0.15) is 11.8 Å². The molecule has 87 valence electrons. The molecule has 0 aliphatic carbocycles. The van der Waals surface area contributed by atoms with E-state index in [0.29, 0.717) is 12.8 Å². The summed E-state index contributed by atoms with van der Waals surface area (Å²) in [6.45, 7) is 1.95. The molecular formula is C10H19N2O2S. The van der Waals surface area contributed by atoms with Gasteiger partial charge in [0.05, 0.1) is 12.1 Å². The first-order valence-electron chi connectivity index (χ1n) is 5.08. The Morgan fingerprint density at radius 1 is 1.53 bits per heavy atom. The average Bonchev–Trinajstić information content (AvgIpc) is 2.24. The molecule has 3 N–H and O–H groups in total. The van der Waals surface area contributed by atoms with Crippen molar-refractivity contribution in [3.8, 4) is 0 Å². The SMILES string of the molecule is CCCC([C]=O)NC(=O)C(N)CCSC. The minimum Gasteiger partial charge on any atom is -0.344 e. The number of carbonyl (C=O) groups is 1. The Morgan fingerprint density at radius 3 is 2.67 bits per heavy atom. The van der Waals surface area contributed by atoms with E-state index >= 15 is 0 Å². The van der Waals surface area contributed by atoms with Crippen molar-refractivity contribution >= 4 is 24.0 Å². The van der Waals surface area contributed by atoms with E-state index in [2.05, 4.69) is 5.32 Å². The Balaban J connectivity index is 3.92. The third kappa shape index (κ3) is 6.52. The Morgan fingerprint density at radius 2 is 2.20 bits per heavy atom. The minimum atomic E-state index is -0.523. The molecule has 0 saturated heterocycles. The van der Waals surface area contributed by atoms with Crippen LogP contribution < -0.4 is 11.1 Å². The molecule has 2 atom stereocenters. The summed E-state index contributed by atoms with van der Waals surface area (Å²) in [6, 6.07) is -1.03. The Labute approximate surface area is 95.4 Å². The number of carbonyl (C=O) groups excluding carboxylic acids is 2. The van der Waals surface area contributed by atoms with Crippen molar-refractivity contribution < 1.29 is 9.59 Å². The highest BCUT2D eigenvalue weighted by atomic mass is 32.2. The van der Waals surface area contributed by atoms with Crippen LogP contribution in [0.25, 0.3) is 0 Å². The van der Waals surface area contributed by atoms with Gasteiger partial charge in [-0.25, -0.2) is 0 Å². The molecule has 5 heteroatoms. The first-order valence-corrected chi connectivity index (χ1v) is 6.47. The van der Waals surface area contributed by atoms with Crippen molar-refractivity contribution in [3.63, 3.8) is 0 Å². The van der Waals surface area contributed by atoms with Gasteiger partial charge in [0.25, 0.3) is 0 Å². The molecule has 0 bridgehead atoms. The molecule has 0 rings (SSSR count). The lowest BCUT2D eigenvalue weighted by atomic mass is 10.1. The van der Waals surface area contributed by atoms with Crippen LogP contribution in [0.15, 0.2) is 0 Å². The number of thioether (sulfide) groups is 1. The van der Waals surface area contributed by atoms with Crippen molar-refractivity contribution in [2.45, 2.75) is 38.3 Å². The zero-order chi connectivity index (χ0) is 11.7. The quantitative estimate of drug-likeness (QED) is 0.636. The third-order valence-corrected chi connectivity index (χ3v) is 2.65. The number of nitrogens with two attached hydrogens (primary N) is 1. The number of rotatable bonds is 8. The number of hydrogen-bond acceptors (Lipinski definition) is 4. The maximum Gasteiger partial charge on any atom is 0.237 e. The van der Waals surface area contributed by atoms with Crippen LogP contribution in [-0.4, -0.2) is 36.3 Å². The molecular weight excluding hydrogens is 212 g/mol. The van der Waals surface area contributed by atoms with E-state index in [1.165, 1.54) is 0 Å². The highest BCUT2D eigenvalue weighted by Gasteiger charge is 2.17. The van der Waals surface area contributed by atoms with Gasteiger partial charge in [0, 0.05) is 0 Å². The molecule has 1 amide bonds. The summed E-state index contributed by atoms with van der Waals surface area (Å²) < 4.78 is 0. The van der Waals surface area contributed by atoms with Gasteiger partial charge in [0.15, 0.2) is 0 Å². The van der Waals surface area contributed by atoms with E-state index in [-0.39, 0.29) is 5.91 Å². The smallest absolute Gasteiger partial charge is 0.237 e. The first-order chi connectivity index (χ1) is 7.15. The van der Waals surface area contributed by atoms with Gasteiger partial charge in [-0.3, -0.25) is 9.59 Å². The lowest BCUT2D eigenvalue weighted by Crippen LogP contribution is -2.46. The fourth-order valence-electron chi connectivity index (χ4n) is 1.10. The van der Waals surface area contributed by atoms with Gasteiger partial charge in [0.1, 0.15) is 0 Å². The molecule has 0 heterocycles. The van der Waals surface area contributed by atoms with E-state index < -0.39 is 12.1 Å². The minimum absolute atomic E-state index is 0.258. The van der Waals surface area contributed by atoms with E-state index in [9.17, 15) is 9.59 Å². The van der Waals surface area contributed by atoms with Crippen molar-refractivity contribution in [1.29, 1.82) is 0 Å². The van der Waals surface area contributed by atoms with E-state index in [1.807, 2.05) is 13.2 Å². The highest BCUT2D eigenvalue weighted by molar-refractivity contribution is 7.98. The lowest BCUT2D eigenvalue weighted by molar-refractivity contribution is -0.122. The second-order valence-electron chi connectivity index (χ2n) is 3.36. The molecule has 4 nitrogen and oxygen atoms in total. The summed E-state index contributed by atoms with van der Waals surface area (Å²) >= 11 is 1.64. The molecule has 0 aromatic heterocycles. The Hall–Kier alpha value is -0.550. The van der Waals surface area contributed by atoms with Crippen molar-refractivity contribution in [1.82, 2.24) is 5.32 Å². The Bertz CT molecular complexity index is 200. The van der Waals surface area contributed by atoms with E-state index in [0.717, 1.165) is 12.2 Å². The number of hydrogen-bond donors (Lipinski definition) is 2. The Kier molecular flexibility index (Phi) is 8.41. The van der Waals surface area contributed by atoms with E-state index in [4.69, 9.17) is 5.73 Å². The second kappa shape index (κ2) is 8.73. The molecule has 0 aliphatic heterocycles. The van der Waals surface area contributed by atoms with Gasteiger partial charge in [-0.15, -0.1) is 0 Å². The van der Waals surface area contributed by atoms with Crippen molar-refractivity contribution in [3.05, 3.63) is 0 Å². The molecule has 0 aliphatic rings. The monoisotopic (exact) mass is 231 g/mol. The van der Waals surface area contributed by atoms with Crippen LogP contribution in [0.3, 0.4) is 0 Å². The largest absolute Gasteiger partial charge is 0.344 e. The maximum absolute atomic E-state index is 11.5. The van der Waals surface area contributed by atoms with Crippen LogP contribution >= 0.6 is 11.8 Å². The van der Waals surface area contributed by atoms with Crippen LogP contribution in [0.1, 0.15) is 26.2 Å².